The fraction of sp³-hybridized carbons (Fsp3) is 0.148. The van der Waals surface area contributed by atoms with Crippen LogP contribution in [-0.2, 0) is 15.8 Å². The third-order valence-electron chi connectivity index (χ3n) is 5.96. The van der Waals surface area contributed by atoms with E-state index in [0.717, 1.165) is 22.2 Å². The highest BCUT2D eigenvalue weighted by atomic mass is 35.5. The van der Waals surface area contributed by atoms with Gasteiger partial charge in [0.15, 0.2) is 11.0 Å². The largest absolute Gasteiger partial charge is 0.272 e. The van der Waals surface area contributed by atoms with Crippen molar-refractivity contribution in [3.8, 4) is 5.69 Å². The summed E-state index contributed by atoms with van der Waals surface area (Å²) in [5.74, 6) is 0.606. The maximum Gasteiger partial charge on any atom is 0.243 e. The molecule has 0 saturated carbocycles. The highest BCUT2D eigenvalue weighted by molar-refractivity contribution is 7.98. The minimum atomic E-state index is -3.96. The smallest absolute Gasteiger partial charge is 0.243 e. The van der Waals surface area contributed by atoms with Crippen LogP contribution in [0.4, 0.5) is 4.39 Å². The first-order valence-corrected chi connectivity index (χ1v) is 14.5. The van der Waals surface area contributed by atoms with Crippen molar-refractivity contribution in [2.45, 2.75) is 35.7 Å². The van der Waals surface area contributed by atoms with Crippen molar-refractivity contribution < 1.29 is 12.8 Å². The van der Waals surface area contributed by atoms with Crippen LogP contribution in [0.1, 0.15) is 29.9 Å². The first kappa shape index (κ1) is 26.3. The molecule has 1 unspecified atom stereocenters. The molecule has 0 aliphatic heterocycles. The number of halogens is 2. The molecule has 194 valence electrons. The zero-order valence-electron chi connectivity index (χ0n) is 20.5. The standard InChI is InChI=1S/C27H23ClFN5O2S2/c1-17-8-11-21(28)15-23(17)34-26(31-32-27(34)37-16-19-9-12-22(29)13-10-19)18(2)33-38(35,36)24-7-3-5-20-6-4-14-30-25(20)24/h3-15,18,33H,16H2,1-2H3. The zero-order chi connectivity index (χ0) is 26.9. The average Bonchev–Trinajstić information content (AvgIpc) is 3.33. The van der Waals surface area contributed by atoms with Gasteiger partial charge in [-0.15, -0.1) is 10.2 Å². The normalized spacial score (nSPS) is 12.6. The van der Waals surface area contributed by atoms with Crippen molar-refractivity contribution in [3.63, 3.8) is 0 Å². The zero-order valence-corrected chi connectivity index (χ0v) is 22.9. The number of aryl methyl sites for hydroxylation is 1. The summed E-state index contributed by atoms with van der Waals surface area (Å²) in [4.78, 5) is 4.36. The fourth-order valence-corrected chi connectivity index (χ4v) is 6.53. The van der Waals surface area contributed by atoms with Crippen molar-refractivity contribution in [1.82, 2.24) is 24.5 Å². The van der Waals surface area contributed by atoms with Crippen molar-refractivity contribution in [2.24, 2.45) is 0 Å². The summed E-state index contributed by atoms with van der Waals surface area (Å²) in [7, 11) is -3.96. The molecular weight excluding hydrogens is 545 g/mol. The second kappa shape index (κ2) is 10.8. The van der Waals surface area contributed by atoms with Gasteiger partial charge in [0.25, 0.3) is 0 Å². The van der Waals surface area contributed by atoms with E-state index in [1.54, 1.807) is 49.5 Å². The second-order valence-electron chi connectivity index (χ2n) is 8.70. The van der Waals surface area contributed by atoms with E-state index in [0.29, 0.717) is 27.3 Å². The molecule has 5 rings (SSSR count). The van der Waals surface area contributed by atoms with Crippen LogP contribution < -0.4 is 4.72 Å². The monoisotopic (exact) mass is 567 g/mol. The molecule has 0 bridgehead atoms. The van der Waals surface area contributed by atoms with Crippen LogP contribution in [0.2, 0.25) is 5.02 Å². The Labute approximate surface area is 229 Å². The van der Waals surface area contributed by atoms with Crippen LogP contribution in [-0.4, -0.2) is 28.2 Å². The van der Waals surface area contributed by atoms with E-state index in [4.69, 9.17) is 11.6 Å². The third-order valence-corrected chi connectivity index (χ3v) is 8.76. The topological polar surface area (TPSA) is 89.8 Å². The molecule has 0 aliphatic carbocycles. The van der Waals surface area contributed by atoms with Gasteiger partial charge in [-0.25, -0.2) is 17.5 Å². The predicted molar refractivity (Wildman–Crippen MR) is 148 cm³/mol. The SMILES string of the molecule is Cc1ccc(Cl)cc1-n1c(SCc2ccc(F)cc2)nnc1C(C)NS(=O)(=O)c1cccc2cccnc12. The molecule has 0 saturated heterocycles. The first-order valence-electron chi connectivity index (χ1n) is 11.7. The van der Waals surface area contributed by atoms with Crippen LogP contribution >= 0.6 is 23.4 Å². The second-order valence-corrected chi connectivity index (χ2v) is 11.8. The number of hydrogen-bond acceptors (Lipinski definition) is 6. The first-order chi connectivity index (χ1) is 18.2. The maximum absolute atomic E-state index is 13.5. The lowest BCUT2D eigenvalue weighted by molar-refractivity contribution is 0.556. The molecule has 2 heterocycles. The number of hydrogen-bond donors (Lipinski definition) is 1. The van der Waals surface area contributed by atoms with E-state index in [2.05, 4.69) is 19.9 Å². The third kappa shape index (κ3) is 5.44. The van der Waals surface area contributed by atoms with E-state index >= 15 is 0 Å². The molecule has 0 fully saturated rings. The number of thioether (sulfide) groups is 1. The van der Waals surface area contributed by atoms with Crippen LogP contribution in [0.25, 0.3) is 16.6 Å². The minimum absolute atomic E-state index is 0.0818. The van der Waals surface area contributed by atoms with Crippen molar-refractivity contribution in [2.75, 3.05) is 0 Å². The number of fused-ring (bicyclic) bond motifs is 1. The Bertz CT molecular complexity index is 1720. The fourth-order valence-electron chi connectivity index (χ4n) is 4.08. The average molecular weight is 568 g/mol. The van der Waals surface area contributed by atoms with Crippen LogP contribution in [0, 0.1) is 12.7 Å². The molecule has 3 aromatic carbocycles. The molecule has 5 aromatic rings. The number of nitrogens with one attached hydrogen (secondary N) is 1. The van der Waals surface area contributed by atoms with Gasteiger partial charge in [-0.3, -0.25) is 9.55 Å². The van der Waals surface area contributed by atoms with E-state index in [9.17, 15) is 12.8 Å². The van der Waals surface area contributed by atoms with Gasteiger partial charge in [-0.1, -0.05) is 59.8 Å². The maximum atomic E-state index is 13.5. The summed E-state index contributed by atoms with van der Waals surface area (Å²) < 4.78 is 44.9. The Balaban J connectivity index is 1.52. The Kier molecular flexibility index (Phi) is 7.49. The Hall–Kier alpha value is -3.31. The molecule has 7 nitrogen and oxygen atoms in total. The lowest BCUT2D eigenvalue weighted by Gasteiger charge is -2.18. The molecule has 0 amide bonds. The molecular formula is C27H23ClFN5O2S2. The molecule has 0 aliphatic rings. The van der Waals surface area contributed by atoms with Gasteiger partial charge in [0.05, 0.1) is 17.2 Å². The van der Waals surface area contributed by atoms with Crippen molar-refractivity contribution >= 4 is 44.3 Å². The number of pyridine rings is 1. The summed E-state index contributed by atoms with van der Waals surface area (Å²) in [6.07, 6.45) is 1.56. The summed E-state index contributed by atoms with van der Waals surface area (Å²) in [6.45, 7) is 3.64. The van der Waals surface area contributed by atoms with Gasteiger partial charge in [0.1, 0.15) is 10.7 Å². The van der Waals surface area contributed by atoms with E-state index in [1.807, 2.05) is 29.7 Å². The van der Waals surface area contributed by atoms with Gasteiger partial charge in [-0.2, -0.15) is 0 Å². The van der Waals surface area contributed by atoms with Crippen LogP contribution in [0.15, 0.2) is 89.0 Å². The molecule has 1 atom stereocenters. The molecule has 11 heteroatoms. The van der Waals surface area contributed by atoms with Gasteiger partial charge >= 0.3 is 0 Å². The summed E-state index contributed by atoms with van der Waals surface area (Å²) >= 11 is 7.74. The Morgan fingerprint density at radius 2 is 1.82 bits per heavy atom. The molecule has 0 radical (unpaired) electrons. The highest BCUT2D eigenvalue weighted by Crippen LogP contribution is 2.31. The number of para-hydroxylation sites is 1. The lowest BCUT2D eigenvalue weighted by atomic mass is 10.2. The number of aromatic nitrogens is 4. The highest BCUT2D eigenvalue weighted by Gasteiger charge is 2.27. The van der Waals surface area contributed by atoms with E-state index in [1.165, 1.54) is 30.0 Å². The van der Waals surface area contributed by atoms with E-state index < -0.39 is 16.1 Å². The molecule has 2 aromatic heterocycles. The number of rotatable bonds is 8. The summed E-state index contributed by atoms with van der Waals surface area (Å²) in [5.41, 5.74) is 2.94. The van der Waals surface area contributed by atoms with Crippen LogP contribution in [0.5, 0.6) is 0 Å². The van der Waals surface area contributed by atoms with Gasteiger partial charge in [0.2, 0.25) is 10.0 Å². The molecule has 1 N–H and O–H groups in total. The quantitative estimate of drug-likeness (QED) is 0.223. The predicted octanol–water partition coefficient (Wildman–Crippen LogP) is 6.25. The molecule has 38 heavy (non-hydrogen) atoms. The van der Waals surface area contributed by atoms with E-state index in [-0.39, 0.29) is 10.7 Å². The van der Waals surface area contributed by atoms with Crippen LogP contribution in [0.3, 0.4) is 0 Å². The van der Waals surface area contributed by atoms with Gasteiger partial charge in [-0.05, 0) is 61.4 Å². The number of nitrogens with zero attached hydrogens (tertiary/aromatic N) is 4. The number of benzene rings is 3. The van der Waals surface area contributed by atoms with Gasteiger partial charge < -0.3 is 0 Å². The number of sulfonamides is 1. The van der Waals surface area contributed by atoms with Crippen molar-refractivity contribution in [3.05, 3.63) is 107 Å². The van der Waals surface area contributed by atoms with Crippen molar-refractivity contribution in [1.29, 1.82) is 0 Å². The van der Waals surface area contributed by atoms with Gasteiger partial charge in [0, 0.05) is 22.4 Å². The lowest BCUT2D eigenvalue weighted by Crippen LogP contribution is -2.29. The Morgan fingerprint density at radius 1 is 1.05 bits per heavy atom. The summed E-state index contributed by atoms with van der Waals surface area (Å²) in [5, 5.41) is 10.6. The Morgan fingerprint density at radius 3 is 2.61 bits per heavy atom. The summed E-state index contributed by atoms with van der Waals surface area (Å²) in [6, 6.07) is 19.6. The minimum Gasteiger partial charge on any atom is -0.272 e. The molecule has 0 spiro atoms.